The molecule has 1 atom stereocenters. The van der Waals surface area contributed by atoms with Crippen LogP contribution < -0.4 is 5.32 Å². The highest BCUT2D eigenvalue weighted by atomic mass is 16.6. The fourth-order valence-electron chi connectivity index (χ4n) is 3.98. The van der Waals surface area contributed by atoms with Gasteiger partial charge in [-0.3, -0.25) is 5.32 Å². The van der Waals surface area contributed by atoms with Crippen LogP contribution in [0.15, 0.2) is 102 Å². The summed E-state index contributed by atoms with van der Waals surface area (Å²) in [5.74, 6) is 0.492. The summed E-state index contributed by atoms with van der Waals surface area (Å²) in [4.78, 5) is 12.6. The van der Waals surface area contributed by atoms with Gasteiger partial charge in [0.1, 0.15) is 17.5 Å². The highest BCUT2D eigenvalue weighted by molar-refractivity contribution is 5.91. The van der Waals surface area contributed by atoms with Gasteiger partial charge in [-0.05, 0) is 47.4 Å². The first-order valence-corrected chi connectivity index (χ1v) is 11.2. The Morgan fingerprint density at radius 3 is 2.24 bits per heavy atom. The van der Waals surface area contributed by atoms with E-state index in [9.17, 15) is 4.79 Å². The molecule has 1 aromatic heterocycles. The smallest absolute Gasteiger partial charge is 0.412 e. The van der Waals surface area contributed by atoms with E-state index in [1.165, 1.54) is 10.8 Å². The first kappa shape index (κ1) is 21.5. The normalized spacial score (nSPS) is 11.8. The Balaban J connectivity index is 1.35. The molecule has 5 nitrogen and oxygen atoms in total. The van der Waals surface area contributed by atoms with E-state index in [0.717, 1.165) is 22.3 Å². The van der Waals surface area contributed by atoms with Gasteiger partial charge in [0, 0.05) is 5.56 Å². The van der Waals surface area contributed by atoms with Crippen LogP contribution in [0.25, 0.3) is 33.2 Å². The van der Waals surface area contributed by atoms with Crippen LogP contribution in [0.4, 0.5) is 10.5 Å². The second kappa shape index (κ2) is 9.24. The molecule has 5 rings (SSSR count). The van der Waals surface area contributed by atoms with Crippen molar-refractivity contribution in [1.29, 1.82) is 0 Å². The van der Waals surface area contributed by atoms with Gasteiger partial charge >= 0.3 is 6.09 Å². The van der Waals surface area contributed by atoms with Gasteiger partial charge in [0.05, 0.1) is 0 Å². The van der Waals surface area contributed by atoms with E-state index in [-0.39, 0.29) is 6.10 Å². The van der Waals surface area contributed by atoms with Crippen LogP contribution >= 0.6 is 0 Å². The maximum atomic E-state index is 12.6. The molecule has 0 aliphatic rings. The van der Waals surface area contributed by atoms with Crippen LogP contribution in [0, 0.1) is 6.92 Å². The predicted molar refractivity (Wildman–Crippen MR) is 135 cm³/mol. The summed E-state index contributed by atoms with van der Waals surface area (Å²) < 4.78 is 11.1. The molecule has 1 N–H and O–H groups in total. The number of fused-ring (bicyclic) bond motifs is 1. The Bertz CT molecular complexity index is 1440. The monoisotopic (exact) mass is 448 g/mol. The van der Waals surface area contributed by atoms with Gasteiger partial charge in [0.2, 0.25) is 0 Å². The zero-order chi connectivity index (χ0) is 23.5. The number of nitrogens with zero attached hydrogens (tertiary/aromatic N) is 1. The molecule has 0 aliphatic heterocycles. The number of aryl methyl sites for hydroxylation is 1. The average Bonchev–Trinajstić information content (AvgIpc) is 3.24. The van der Waals surface area contributed by atoms with Crippen molar-refractivity contribution in [3.63, 3.8) is 0 Å². The minimum absolute atomic E-state index is 0.383. The van der Waals surface area contributed by atoms with Gasteiger partial charge in [-0.25, -0.2) is 4.79 Å². The number of aromatic nitrogens is 1. The molecule has 1 heterocycles. The summed E-state index contributed by atoms with van der Waals surface area (Å²) in [6.45, 7) is 3.62. The number of nitrogens with one attached hydrogen (secondary N) is 1. The molecule has 5 aromatic rings. The van der Waals surface area contributed by atoms with Gasteiger partial charge in [0.15, 0.2) is 5.76 Å². The van der Waals surface area contributed by atoms with Gasteiger partial charge in [-0.1, -0.05) is 96.2 Å². The third-order valence-corrected chi connectivity index (χ3v) is 5.87. The van der Waals surface area contributed by atoms with Crippen molar-refractivity contribution in [2.75, 3.05) is 5.32 Å². The number of hydrogen-bond acceptors (Lipinski definition) is 4. The molecule has 4 aromatic carbocycles. The Morgan fingerprint density at radius 2 is 1.47 bits per heavy atom. The topological polar surface area (TPSA) is 64.4 Å². The Kier molecular flexibility index (Phi) is 5.83. The van der Waals surface area contributed by atoms with E-state index >= 15 is 0 Å². The fourth-order valence-corrected chi connectivity index (χ4v) is 3.98. The van der Waals surface area contributed by atoms with Gasteiger partial charge in [0.25, 0.3) is 0 Å². The van der Waals surface area contributed by atoms with Crippen LogP contribution in [0.1, 0.15) is 24.3 Å². The fraction of sp³-hybridized carbons (Fsp3) is 0.103. The predicted octanol–water partition coefficient (Wildman–Crippen LogP) is 7.78. The largest absolute Gasteiger partial charge is 0.441 e. The second-order valence-electron chi connectivity index (χ2n) is 8.19. The Hall–Kier alpha value is -4.38. The zero-order valence-electron chi connectivity index (χ0n) is 19.0. The molecule has 0 saturated carbocycles. The summed E-state index contributed by atoms with van der Waals surface area (Å²) in [6, 6.07) is 32.3. The number of amides is 1. The molecular formula is C29H24N2O3. The van der Waals surface area contributed by atoms with Crippen molar-refractivity contribution in [1.82, 2.24) is 5.16 Å². The number of carbonyl (C=O) groups excluding carboxylic acids is 1. The summed E-state index contributed by atoms with van der Waals surface area (Å²) in [5.41, 5.74) is 5.05. The molecule has 0 radical (unpaired) electrons. The van der Waals surface area contributed by atoms with Gasteiger partial charge in [-0.2, -0.15) is 0 Å². The molecule has 1 amide bonds. The molecule has 1 unspecified atom stereocenters. The van der Waals surface area contributed by atoms with Crippen molar-refractivity contribution < 1.29 is 14.1 Å². The molecule has 0 bridgehead atoms. The Labute approximate surface area is 198 Å². The Morgan fingerprint density at radius 1 is 0.824 bits per heavy atom. The minimum Gasteiger partial charge on any atom is -0.441 e. The standard InChI is InChI=1S/C29H24N2O3/c1-19-27(30-29(32)33-20(2)21-8-4-3-5-9-21)28(34-31-19)24-15-12-23(13-16-24)26-17-14-22-10-6-7-11-25(22)18-26/h3-18,20H,1-2H3,(H,30,32). The van der Waals surface area contributed by atoms with Crippen molar-refractivity contribution in [2.45, 2.75) is 20.0 Å². The second-order valence-corrected chi connectivity index (χ2v) is 8.19. The van der Waals surface area contributed by atoms with Crippen molar-refractivity contribution >= 4 is 22.6 Å². The summed E-state index contributed by atoms with van der Waals surface area (Å²) in [7, 11) is 0. The summed E-state index contributed by atoms with van der Waals surface area (Å²) >= 11 is 0. The van der Waals surface area contributed by atoms with Crippen LogP contribution in [0.2, 0.25) is 0 Å². The highest BCUT2D eigenvalue weighted by Gasteiger charge is 2.20. The van der Waals surface area contributed by atoms with Crippen molar-refractivity contribution in [2.24, 2.45) is 0 Å². The number of hydrogen-bond donors (Lipinski definition) is 1. The van der Waals surface area contributed by atoms with E-state index in [2.05, 4.69) is 40.8 Å². The lowest BCUT2D eigenvalue weighted by atomic mass is 9.99. The lowest BCUT2D eigenvalue weighted by molar-refractivity contribution is 0.121. The van der Waals surface area contributed by atoms with Crippen molar-refractivity contribution in [3.8, 4) is 22.5 Å². The third kappa shape index (κ3) is 4.41. The number of ether oxygens (including phenoxy) is 1. The van der Waals surface area contributed by atoms with Crippen molar-refractivity contribution in [3.05, 3.63) is 108 Å². The molecular weight excluding hydrogens is 424 g/mol. The molecule has 0 fully saturated rings. The molecule has 0 aliphatic carbocycles. The van der Waals surface area contributed by atoms with E-state index in [1.807, 2.05) is 73.7 Å². The lowest BCUT2D eigenvalue weighted by Crippen LogP contribution is -2.16. The van der Waals surface area contributed by atoms with Gasteiger partial charge in [-0.15, -0.1) is 0 Å². The number of rotatable bonds is 5. The summed E-state index contributed by atoms with van der Waals surface area (Å²) in [6.07, 6.45) is -0.942. The van der Waals surface area contributed by atoms with Crippen LogP contribution in [-0.4, -0.2) is 11.2 Å². The first-order chi connectivity index (χ1) is 16.6. The molecule has 34 heavy (non-hydrogen) atoms. The quantitative estimate of drug-likeness (QED) is 0.298. The van der Waals surface area contributed by atoms with E-state index < -0.39 is 6.09 Å². The van der Waals surface area contributed by atoms with E-state index in [4.69, 9.17) is 9.26 Å². The maximum Gasteiger partial charge on any atom is 0.412 e. The number of anilines is 1. The molecule has 0 saturated heterocycles. The SMILES string of the molecule is Cc1noc(-c2ccc(-c3ccc4ccccc4c3)cc2)c1NC(=O)OC(C)c1ccccc1. The number of benzene rings is 4. The minimum atomic E-state index is -0.559. The number of carbonyl (C=O) groups is 1. The average molecular weight is 449 g/mol. The third-order valence-electron chi connectivity index (χ3n) is 5.87. The maximum absolute atomic E-state index is 12.6. The highest BCUT2D eigenvalue weighted by Crippen LogP contribution is 2.33. The van der Waals surface area contributed by atoms with E-state index in [1.54, 1.807) is 6.92 Å². The van der Waals surface area contributed by atoms with E-state index in [0.29, 0.717) is 17.1 Å². The van der Waals surface area contributed by atoms with Crippen LogP contribution in [0.3, 0.4) is 0 Å². The molecule has 168 valence electrons. The lowest BCUT2D eigenvalue weighted by Gasteiger charge is -2.14. The summed E-state index contributed by atoms with van der Waals surface area (Å²) in [5, 5.41) is 9.27. The van der Waals surface area contributed by atoms with Gasteiger partial charge < -0.3 is 9.26 Å². The van der Waals surface area contributed by atoms with Crippen LogP contribution in [-0.2, 0) is 4.74 Å². The zero-order valence-corrected chi connectivity index (χ0v) is 19.0. The van der Waals surface area contributed by atoms with Crippen LogP contribution in [0.5, 0.6) is 0 Å². The first-order valence-electron chi connectivity index (χ1n) is 11.2. The molecule has 5 heteroatoms. The molecule has 0 spiro atoms.